The van der Waals surface area contributed by atoms with Crippen LogP contribution in [0.4, 0.5) is 0 Å². The summed E-state index contributed by atoms with van der Waals surface area (Å²) in [5, 5.41) is 5.01. The summed E-state index contributed by atoms with van der Waals surface area (Å²) in [6.45, 7) is 7.93. The van der Waals surface area contributed by atoms with Crippen LogP contribution in [0.15, 0.2) is 17.5 Å². The van der Waals surface area contributed by atoms with Gasteiger partial charge < -0.3 is 11.1 Å². The Hall–Kier alpha value is -0.870. The minimum absolute atomic E-state index is 0.0680. The van der Waals surface area contributed by atoms with Crippen molar-refractivity contribution in [2.24, 2.45) is 11.1 Å². The van der Waals surface area contributed by atoms with E-state index >= 15 is 0 Å². The molecular weight excluding hydrogens is 232 g/mol. The average molecular weight is 254 g/mol. The molecule has 0 radical (unpaired) electrons. The molecule has 96 valence electrons. The van der Waals surface area contributed by atoms with Gasteiger partial charge in [0.05, 0.1) is 6.04 Å². The van der Waals surface area contributed by atoms with Gasteiger partial charge in [0, 0.05) is 17.3 Å². The number of carbonyl (C=O) groups excluding carboxylic acids is 1. The Kier molecular flexibility index (Phi) is 4.71. The third-order valence-electron chi connectivity index (χ3n) is 2.69. The molecule has 0 aromatic carbocycles. The normalized spacial score (nSPS) is 15.4. The van der Waals surface area contributed by atoms with E-state index < -0.39 is 6.04 Å². The van der Waals surface area contributed by atoms with Crippen molar-refractivity contribution in [3.63, 3.8) is 0 Å². The number of thiophene rings is 1. The number of nitrogens with two attached hydrogens (primary N) is 1. The fourth-order valence-corrected chi connectivity index (χ4v) is 2.34. The Morgan fingerprint density at radius 1 is 1.53 bits per heavy atom. The van der Waals surface area contributed by atoms with Crippen LogP contribution in [0.2, 0.25) is 0 Å². The lowest BCUT2D eigenvalue weighted by Gasteiger charge is -2.27. The minimum atomic E-state index is -0.465. The number of carbonyl (C=O) groups is 1. The molecule has 0 bridgehead atoms. The molecule has 0 saturated carbocycles. The maximum Gasteiger partial charge on any atom is 0.237 e. The summed E-state index contributed by atoms with van der Waals surface area (Å²) in [5.41, 5.74) is 5.70. The highest BCUT2D eigenvalue weighted by Gasteiger charge is 2.28. The number of hydrogen-bond acceptors (Lipinski definition) is 3. The van der Waals surface area contributed by atoms with Crippen LogP contribution in [0.3, 0.4) is 0 Å². The van der Waals surface area contributed by atoms with Gasteiger partial charge in [-0.25, -0.2) is 0 Å². The predicted molar refractivity (Wildman–Crippen MR) is 73.1 cm³/mol. The SMILES string of the molecule is CC(Cc1cccs1)NC(=O)[C@@H](N)C(C)(C)C. The molecule has 1 aromatic rings. The van der Waals surface area contributed by atoms with Crippen molar-refractivity contribution >= 4 is 17.2 Å². The van der Waals surface area contributed by atoms with Crippen LogP contribution < -0.4 is 11.1 Å². The molecule has 3 nitrogen and oxygen atoms in total. The van der Waals surface area contributed by atoms with Crippen LogP contribution in [0.25, 0.3) is 0 Å². The van der Waals surface area contributed by atoms with E-state index in [4.69, 9.17) is 5.73 Å². The van der Waals surface area contributed by atoms with Crippen molar-refractivity contribution in [2.45, 2.75) is 46.2 Å². The first-order valence-corrected chi connectivity index (χ1v) is 6.77. The van der Waals surface area contributed by atoms with Gasteiger partial charge in [-0.05, 0) is 23.8 Å². The first-order chi connectivity index (χ1) is 7.80. The van der Waals surface area contributed by atoms with Gasteiger partial charge in [-0.15, -0.1) is 11.3 Å². The molecule has 0 spiro atoms. The molecule has 3 N–H and O–H groups in total. The Morgan fingerprint density at radius 3 is 2.65 bits per heavy atom. The van der Waals surface area contributed by atoms with E-state index in [9.17, 15) is 4.79 Å². The lowest BCUT2D eigenvalue weighted by Crippen LogP contribution is -2.51. The highest BCUT2D eigenvalue weighted by molar-refractivity contribution is 7.09. The van der Waals surface area contributed by atoms with Crippen molar-refractivity contribution in [3.8, 4) is 0 Å². The Morgan fingerprint density at radius 2 is 2.18 bits per heavy atom. The van der Waals surface area contributed by atoms with Crippen molar-refractivity contribution in [1.82, 2.24) is 5.32 Å². The molecule has 2 atom stereocenters. The fraction of sp³-hybridized carbons (Fsp3) is 0.615. The Labute approximate surface area is 107 Å². The molecule has 4 heteroatoms. The van der Waals surface area contributed by atoms with E-state index in [2.05, 4.69) is 11.4 Å². The zero-order valence-corrected chi connectivity index (χ0v) is 11.8. The van der Waals surface area contributed by atoms with Gasteiger partial charge in [-0.2, -0.15) is 0 Å². The molecule has 0 fully saturated rings. The maximum absolute atomic E-state index is 11.9. The summed E-state index contributed by atoms with van der Waals surface area (Å²) in [6, 6.07) is 3.76. The van der Waals surface area contributed by atoms with Crippen molar-refractivity contribution in [2.75, 3.05) is 0 Å². The van der Waals surface area contributed by atoms with Gasteiger partial charge in [0.15, 0.2) is 0 Å². The van der Waals surface area contributed by atoms with E-state index in [0.29, 0.717) is 0 Å². The monoisotopic (exact) mass is 254 g/mol. The molecule has 1 aromatic heterocycles. The van der Waals surface area contributed by atoms with Gasteiger partial charge >= 0.3 is 0 Å². The predicted octanol–water partition coefficient (Wildman–Crippen LogP) is 2.17. The van der Waals surface area contributed by atoms with Gasteiger partial charge in [0.2, 0.25) is 5.91 Å². The third-order valence-corrected chi connectivity index (χ3v) is 3.59. The van der Waals surface area contributed by atoms with Crippen LogP contribution in [0.5, 0.6) is 0 Å². The van der Waals surface area contributed by atoms with Crippen molar-refractivity contribution < 1.29 is 4.79 Å². The first-order valence-electron chi connectivity index (χ1n) is 5.89. The molecule has 0 aliphatic heterocycles. The number of hydrogen-bond donors (Lipinski definition) is 2. The van der Waals surface area contributed by atoms with E-state index in [1.807, 2.05) is 39.1 Å². The lowest BCUT2D eigenvalue weighted by molar-refractivity contribution is -0.125. The van der Waals surface area contributed by atoms with Gasteiger partial charge in [-0.3, -0.25) is 4.79 Å². The zero-order chi connectivity index (χ0) is 13.1. The van der Waals surface area contributed by atoms with Crippen LogP contribution >= 0.6 is 11.3 Å². The second-order valence-electron chi connectivity index (χ2n) is 5.54. The van der Waals surface area contributed by atoms with Crippen LogP contribution in [-0.2, 0) is 11.2 Å². The molecule has 1 heterocycles. The quantitative estimate of drug-likeness (QED) is 0.865. The molecule has 1 amide bonds. The standard InChI is InChI=1S/C13H22N2OS/c1-9(8-10-6-5-7-17-10)15-12(16)11(14)13(2,3)4/h5-7,9,11H,8,14H2,1-4H3,(H,15,16)/t9?,11-/m1/s1. The molecule has 0 aliphatic rings. The first kappa shape index (κ1) is 14.2. The van der Waals surface area contributed by atoms with Crippen LogP contribution in [-0.4, -0.2) is 18.0 Å². The summed E-state index contributed by atoms with van der Waals surface area (Å²) in [6.07, 6.45) is 0.861. The van der Waals surface area contributed by atoms with Crippen LogP contribution in [0.1, 0.15) is 32.6 Å². The number of amides is 1. The summed E-state index contributed by atoms with van der Waals surface area (Å²) < 4.78 is 0. The summed E-state index contributed by atoms with van der Waals surface area (Å²) in [5.74, 6) is -0.0680. The Bertz CT molecular complexity index is 354. The maximum atomic E-state index is 11.9. The Balaban J connectivity index is 2.46. The molecule has 0 saturated heterocycles. The van der Waals surface area contributed by atoms with E-state index in [1.165, 1.54) is 4.88 Å². The molecule has 0 aliphatic carbocycles. The minimum Gasteiger partial charge on any atom is -0.352 e. The average Bonchev–Trinajstić information content (AvgIpc) is 2.67. The van der Waals surface area contributed by atoms with E-state index in [0.717, 1.165) is 6.42 Å². The zero-order valence-electron chi connectivity index (χ0n) is 11.0. The topological polar surface area (TPSA) is 55.1 Å². The van der Waals surface area contributed by atoms with Gasteiger partial charge in [0.25, 0.3) is 0 Å². The summed E-state index contributed by atoms with van der Waals surface area (Å²) in [7, 11) is 0. The highest BCUT2D eigenvalue weighted by atomic mass is 32.1. The summed E-state index contributed by atoms with van der Waals surface area (Å²) >= 11 is 1.71. The molecular formula is C13H22N2OS. The third kappa shape index (κ3) is 4.48. The molecule has 1 unspecified atom stereocenters. The number of rotatable bonds is 4. The van der Waals surface area contributed by atoms with Crippen LogP contribution in [0, 0.1) is 5.41 Å². The largest absolute Gasteiger partial charge is 0.352 e. The lowest BCUT2D eigenvalue weighted by atomic mass is 9.87. The smallest absolute Gasteiger partial charge is 0.237 e. The highest BCUT2D eigenvalue weighted by Crippen LogP contribution is 2.17. The second kappa shape index (κ2) is 5.65. The fourth-order valence-electron chi connectivity index (χ4n) is 1.51. The molecule has 17 heavy (non-hydrogen) atoms. The van der Waals surface area contributed by atoms with E-state index in [-0.39, 0.29) is 17.4 Å². The van der Waals surface area contributed by atoms with Crippen molar-refractivity contribution in [3.05, 3.63) is 22.4 Å². The van der Waals surface area contributed by atoms with Crippen molar-refractivity contribution in [1.29, 1.82) is 0 Å². The van der Waals surface area contributed by atoms with Gasteiger partial charge in [-0.1, -0.05) is 26.8 Å². The summed E-state index contributed by atoms with van der Waals surface area (Å²) in [4.78, 5) is 13.2. The second-order valence-corrected chi connectivity index (χ2v) is 6.57. The number of nitrogens with one attached hydrogen (secondary N) is 1. The van der Waals surface area contributed by atoms with Gasteiger partial charge in [0.1, 0.15) is 0 Å². The van der Waals surface area contributed by atoms with E-state index in [1.54, 1.807) is 11.3 Å². The molecule has 1 rings (SSSR count).